The van der Waals surface area contributed by atoms with Gasteiger partial charge in [-0.2, -0.15) is 4.98 Å². The number of benzene rings is 1. The van der Waals surface area contributed by atoms with Crippen molar-refractivity contribution < 1.29 is 22.5 Å². The number of fused-ring (bicyclic) bond motifs is 1. The summed E-state index contributed by atoms with van der Waals surface area (Å²) in [5.74, 6) is -0.647. The van der Waals surface area contributed by atoms with Gasteiger partial charge in [-0.1, -0.05) is 17.3 Å². The van der Waals surface area contributed by atoms with Gasteiger partial charge in [0, 0.05) is 6.26 Å². The van der Waals surface area contributed by atoms with E-state index in [9.17, 15) is 18.0 Å². The number of imide groups is 1. The number of nitrogen functional groups attached to an aromatic ring is 1. The molecule has 0 bridgehead atoms. The molecule has 30 heavy (non-hydrogen) atoms. The zero-order valence-corrected chi connectivity index (χ0v) is 17.1. The van der Waals surface area contributed by atoms with Gasteiger partial charge in [-0.15, -0.1) is 0 Å². The summed E-state index contributed by atoms with van der Waals surface area (Å²) in [5, 5.41) is 3.70. The van der Waals surface area contributed by atoms with Crippen molar-refractivity contribution in [1.82, 2.24) is 20.0 Å². The number of aromatic nitrogens is 3. The molecule has 0 saturated carbocycles. The Morgan fingerprint density at radius 2 is 1.67 bits per heavy atom. The molecule has 0 saturated heterocycles. The zero-order valence-electron chi connectivity index (χ0n) is 16.3. The monoisotopic (exact) mass is 427 g/mol. The molecule has 3 aromatic rings. The number of nitrogens with zero attached hydrogens (tertiary/aromatic N) is 4. The van der Waals surface area contributed by atoms with Crippen molar-refractivity contribution in [2.24, 2.45) is 0 Å². The summed E-state index contributed by atoms with van der Waals surface area (Å²) in [6, 6.07) is 5.97. The number of amides is 2. The second kappa shape index (κ2) is 6.73. The van der Waals surface area contributed by atoms with Gasteiger partial charge < -0.3 is 10.3 Å². The molecule has 11 heteroatoms. The van der Waals surface area contributed by atoms with Crippen LogP contribution in [0.5, 0.6) is 0 Å². The average Bonchev–Trinajstić information content (AvgIpc) is 3.21. The molecule has 1 aliphatic rings. The smallest absolute Gasteiger partial charge is 0.278 e. The number of sulfone groups is 1. The molecule has 2 aromatic heterocycles. The number of nitrogens with two attached hydrogens (primary N) is 1. The van der Waals surface area contributed by atoms with Crippen molar-refractivity contribution in [1.29, 1.82) is 0 Å². The highest BCUT2D eigenvalue weighted by atomic mass is 32.2. The quantitative estimate of drug-likeness (QED) is 0.611. The Kier molecular flexibility index (Phi) is 4.42. The summed E-state index contributed by atoms with van der Waals surface area (Å²) < 4.78 is 28.3. The lowest BCUT2D eigenvalue weighted by Gasteiger charge is -2.14. The van der Waals surface area contributed by atoms with Crippen molar-refractivity contribution in [2.75, 3.05) is 12.0 Å². The van der Waals surface area contributed by atoms with E-state index in [4.69, 9.17) is 10.3 Å². The van der Waals surface area contributed by atoms with Crippen molar-refractivity contribution >= 4 is 27.3 Å². The molecular weight excluding hydrogens is 410 g/mol. The Labute approximate surface area is 171 Å². The lowest BCUT2D eigenvalue weighted by atomic mass is 10.0. The van der Waals surface area contributed by atoms with E-state index in [0.717, 1.165) is 11.2 Å². The zero-order chi connectivity index (χ0) is 21.8. The molecule has 0 unspecified atom stereocenters. The molecule has 2 amide bonds. The minimum atomic E-state index is -3.34. The Morgan fingerprint density at radius 1 is 1.03 bits per heavy atom. The molecule has 0 aliphatic carbocycles. The number of aryl methyl sites for hydroxylation is 2. The van der Waals surface area contributed by atoms with Crippen LogP contribution in [0.25, 0.3) is 11.6 Å². The first-order valence-corrected chi connectivity index (χ1v) is 10.7. The summed E-state index contributed by atoms with van der Waals surface area (Å²) in [7, 11) is -3.34. The fourth-order valence-electron chi connectivity index (χ4n) is 3.29. The minimum absolute atomic E-state index is 0.00692. The van der Waals surface area contributed by atoms with Gasteiger partial charge >= 0.3 is 0 Å². The fraction of sp³-hybridized carbons (Fsp3) is 0.211. The van der Waals surface area contributed by atoms with Crippen LogP contribution >= 0.6 is 0 Å². The van der Waals surface area contributed by atoms with Gasteiger partial charge in [-0.05, 0) is 31.5 Å². The predicted molar refractivity (Wildman–Crippen MR) is 105 cm³/mol. The Bertz CT molecular complexity index is 1310. The molecule has 0 spiro atoms. The third-order valence-corrected chi connectivity index (χ3v) is 5.88. The number of hydrogen-bond acceptors (Lipinski definition) is 9. The summed E-state index contributed by atoms with van der Waals surface area (Å²) in [5.41, 5.74) is 7.39. The topological polar surface area (TPSA) is 149 Å². The average molecular weight is 427 g/mol. The summed E-state index contributed by atoms with van der Waals surface area (Å²) >= 11 is 0. The lowest BCUT2D eigenvalue weighted by molar-refractivity contribution is 0.0642. The predicted octanol–water partition coefficient (Wildman–Crippen LogP) is 1.53. The molecule has 3 heterocycles. The van der Waals surface area contributed by atoms with Gasteiger partial charge in [0.15, 0.2) is 21.4 Å². The number of rotatable bonds is 4. The molecule has 0 atom stereocenters. The Balaban J connectivity index is 1.71. The van der Waals surface area contributed by atoms with Crippen molar-refractivity contribution in [3.05, 3.63) is 52.5 Å². The maximum absolute atomic E-state index is 13.0. The lowest BCUT2D eigenvalue weighted by Crippen LogP contribution is -2.29. The van der Waals surface area contributed by atoms with Crippen LogP contribution in [0.1, 0.15) is 37.8 Å². The molecule has 154 valence electrons. The van der Waals surface area contributed by atoms with E-state index in [-0.39, 0.29) is 39.8 Å². The van der Waals surface area contributed by atoms with Crippen LogP contribution in [0.15, 0.2) is 33.7 Å². The Hall–Kier alpha value is -3.60. The third kappa shape index (κ3) is 3.12. The number of carbonyl (C=O) groups excluding carboxylic acids is 2. The first-order chi connectivity index (χ1) is 14.1. The molecule has 10 nitrogen and oxygen atoms in total. The van der Waals surface area contributed by atoms with Crippen LogP contribution < -0.4 is 5.73 Å². The van der Waals surface area contributed by atoms with Gasteiger partial charge in [-0.3, -0.25) is 14.5 Å². The summed E-state index contributed by atoms with van der Waals surface area (Å²) in [6.07, 6.45) is 1.10. The van der Waals surface area contributed by atoms with E-state index >= 15 is 0 Å². The molecule has 2 N–H and O–H groups in total. The van der Waals surface area contributed by atoms with E-state index < -0.39 is 21.7 Å². The molecule has 1 aromatic carbocycles. The fourth-order valence-corrected chi connectivity index (χ4v) is 3.92. The van der Waals surface area contributed by atoms with E-state index in [2.05, 4.69) is 15.1 Å². The molecular formula is C19H17N5O5S. The molecule has 0 fully saturated rings. The SMILES string of the molecule is Cc1noc(-c2nc(C)c3c(c2N)C(=O)N(Cc2ccc(S(C)(=O)=O)cc2)C3=O)n1. The first kappa shape index (κ1) is 19.7. The summed E-state index contributed by atoms with van der Waals surface area (Å²) in [6.45, 7) is 3.19. The molecule has 4 rings (SSSR count). The highest BCUT2D eigenvalue weighted by molar-refractivity contribution is 7.90. The standard InChI is InChI=1S/C19H17N5O5S/c1-9-13-14(15(20)16(21-9)17-22-10(2)23-29-17)19(26)24(18(13)25)8-11-4-6-12(7-5-11)30(3,27)28/h4-7H,8,20H2,1-3H3. The van der Waals surface area contributed by atoms with E-state index in [1.165, 1.54) is 12.1 Å². The molecule has 1 aliphatic heterocycles. The number of anilines is 1. The number of pyridine rings is 1. The van der Waals surface area contributed by atoms with Crippen LogP contribution in [0.3, 0.4) is 0 Å². The van der Waals surface area contributed by atoms with Crippen LogP contribution in [0, 0.1) is 13.8 Å². The normalized spacial score (nSPS) is 13.8. The van der Waals surface area contributed by atoms with Crippen molar-refractivity contribution in [3.63, 3.8) is 0 Å². The van der Waals surface area contributed by atoms with Crippen LogP contribution in [-0.4, -0.2) is 46.5 Å². The van der Waals surface area contributed by atoms with Gasteiger partial charge in [0.2, 0.25) is 0 Å². The largest absolute Gasteiger partial charge is 0.396 e. The van der Waals surface area contributed by atoms with E-state index in [1.807, 2.05) is 0 Å². The van der Waals surface area contributed by atoms with Gasteiger partial charge in [0.25, 0.3) is 17.7 Å². The maximum Gasteiger partial charge on any atom is 0.278 e. The van der Waals surface area contributed by atoms with Crippen molar-refractivity contribution in [3.8, 4) is 11.6 Å². The summed E-state index contributed by atoms with van der Waals surface area (Å²) in [4.78, 5) is 35.6. The van der Waals surface area contributed by atoms with Gasteiger partial charge in [0.05, 0.1) is 33.9 Å². The highest BCUT2D eigenvalue weighted by Crippen LogP contribution is 2.35. The molecule has 0 radical (unpaired) electrons. The van der Waals surface area contributed by atoms with Crippen LogP contribution in [0.4, 0.5) is 5.69 Å². The second-order valence-electron chi connectivity index (χ2n) is 6.97. The maximum atomic E-state index is 13.0. The van der Waals surface area contributed by atoms with E-state index in [1.54, 1.807) is 26.0 Å². The number of hydrogen-bond donors (Lipinski definition) is 1. The second-order valence-corrected chi connectivity index (χ2v) is 8.98. The van der Waals surface area contributed by atoms with Crippen LogP contribution in [0.2, 0.25) is 0 Å². The third-order valence-electron chi connectivity index (χ3n) is 4.76. The van der Waals surface area contributed by atoms with Crippen molar-refractivity contribution in [2.45, 2.75) is 25.3 Å². The van der Waals surface area contributed by atoms with Crippen LogP contribution in [-0.2, 0) is 16.4 Å². The number of carbonyl (C=O) groups is 2. The Morgan fingerprint density at radius 3 is 2.23 bits per heavy atom. The van der Waals surface area contributed by atoms with E-state index in [0.29, 0.717) is 17.1 Å². The van der Waals surface area contributed by atoms with Gasteiger partial charge in [0.1, 0.15) is 0 Å². The van der Waals surface area contributed by atoms with Gasteiger partial charge in [-0.25, -0.2) is 13.4 Å². The minimum Gasteiger partial charge on any atom is -0.396 e. The highest BCUT2D eigenvalue weighted by Gasteiger charge is 2.40. The first-order valence-electron chi connectivity index (χ1n) is 8.84.